The second-order valence-corrected chi connectivity index (χ2v) is 3.93. The molecule has 114 valence electrons. The van der Waals surface area contributed by atoms with Gasteiger partial charge in [0, 0.05) is 12.1 Å². The minimum atomic E-state index is -1.66. The molecular weight excluding hydrogens is 308 g/mol. The number of carbonyl (C=O) groups excluding carboxylic acids is 2. The van der Waals surface area contributed by atoms with E-state index in [9.17, 15) is 27.2 Å². The summed E-state index contributed by atoms with van der Waals surface area (Å²) in [5.41, 5.74) is 0. The van der Waals surface area contributed by atoms with Crippen molar-refractivity contribution in [3.05, 3.63) is 59.7 Å². The van der Waals surface area contributed by atoms with Crippen LogP contribution in [0.25, 0.3) is 0 Å². The van der Waals surface area contributed by atoms with Crippen LogP contribution in [0.2, 0.25) is 0 Å². The molecule has 0 amide bonds. The van der Waals surface area contributed by atoms with Crippen LogP contribution in [0.3, 0.4) is 0 Å². The largest absolute Gasteiger partial charge is 0.423 e. The molecule has 2 aromatic rings. The van der Waals surface area contributed by atoms with E-state index in [0.29, 0.717) is 12.1 Å². The molecule has 0 atom stereocenters. The zero-order valence-corrected chi connectivity index (χ0v) is 10.6. The third-order valence-corrected chi connectivity index (χ3v) is 2.36. The molecule has 2 aromatic carbocycles. The Morgan fingerprint density at radius 2 is 1.05 bits per heavy atom. The molecule has 0 heterocycles. The fourth-order valence-electron chi connectivity index (χ4n) is 1.40. The van der Waals surface area contributed by atoms with E-state index in [0.717, 1.165) is 24.3 Å². The van der Waals surface area contributed by atoms with Gasteiger partial charge in [0.15, 0.2) is 23.1 Å². The van der Waals surface area contributed by atoms with Crippen molar-refractivity contribution >= 4 is 11.9 Å². The van der Waals surface area contributed by atoms with Crippen LogP contribution in [0.4, 0.5) is 17.6 Å². The number of benzene rings is 2. The van der Waals surface area contributed by atoms with Gasteiger partial charge in [-0.3, -0.25) is 0 Å². The summed E-state index contributed by atoms with van der Waals surface area (Å²) in [6.45, 7) is 0. The summed E-state index contributed by atoms with van der Waals surface area (Å²) < 4.78 is 60.5. The van der Waals surface area contributed by atoms with Crippen molar-refractivity contribution in [3.8, 4) is 11.5 Å². The van der Waals surface area contributed by atoms with Crippen molar-refractivity contribution < 1.29 is 36.6 Å². The predicted octanol–water partition coefficient (Wildman–Crippen LogP) is 2.75. The molecule has 22 heavy (non-hydrogen) atoms. The van der Waals surface area contributed by atoms with Gasteiger partial charge in [0.25, 0.3) is 0 Å². The van der Waals surface area contributed by atoms with E-state index in [1.807, 2.05) is 0 Å². The van der Waals surface area contributed by atoms with E-state index in [-0.39, 0.29) is 0 Å². The first-order chi connectivity index (χ1) is 10.4. The summed E-state index contributed by atoms with van der Waals surface area (Å²) in [5.74, 6) is -8.97. The molecule has 0 aromatic heterocycles. The summed E-state index contributed by atoms with van der Waals surface area (Å²) in [7, 11) is 0. The first-order valence-electron chi connectivity index (χ1n) is 5.71. The summed E-state index contributed by atoms with van der Waals surface area (Å²) in [4.78, 5) is 22.8. The number of carbonyl (C=O) groups is 2. The van der Waals surface area contributed by atoms with Crippen molar-refractivity contribution in [1.29, 1.82) is 0 Å². The third-order valence-electron chi connectivity index (χ3n) is 2.36. The maximum Gasteiger partial charge on any atom is 0.423 e. The van der Waals surface area contributed by atoms with Crippen LogP contribution in [0.1, 0.15) is 0 Å². The van der Waals surface area contributed by atoms with Crippen molar-refractivity contribution in [1.82, 2.24) is 0 Å². The standard InChI is InChI=1S/C14H6F4O4/c15-7-1-3-11(9(17)5-7)21-13(19)14(20)22-12-4-2-8(16)6-10(12)18/h1-6H. The van der Waals surface area contributed by atoms with E-state index in [1.54, 1.807) is 0 Å². The molecule has 0 saturated carbocycles. The van der Waals surface area contributed by atoms with Gasteiger partial charge >= 0.3 is 11.9 Å². The fourth-order valence-corrected chi connectivity index (χ4v) is 1.40. The summed E-state index contributed by atoms with van der Waals surface area (Å²) in [5, 5.41) is 0. The highest BCUT2D eigenvalue weighted by molar-refractivity contribution is 6.31. The van der Waals surface area contributed by atoms with Gasteiger partial charge in [-0.15, -0.1) is 0 Å². The van der Waals surface area contributed by atoms with E-state index in [1.165, 1.54) is 0 Å². The maximum atomic E-state index is 13.2. The number of hydrogen-bond acceptors (Lipinski definition) is 4. The Bertz CT molecular complexity index is 682. The zero-order valence-electron chi connectivity index (χ0n) is 10.6. The monoisotopic (exact) mass is 314 g/mol. The average Bonchev–Trinajstić information content (AvgIpc) is 2.44. The lowest BCUT2D eigenvalue weighted by Gasteiger charge is -2.06. The van der Waals surface area contributed by atoms with Crippen LogP contribution in [-0.2, 0) is 9.59 Å². The molecule has 0 aliphatic rings. The Morgan fingerprint density at radius 1 is 0.682 bits per heavy atom. The normalized spacial score (nSPS) is 10.2. The Hall–Kier alpha value is -2.90. The lowest BCUT2D eigenvalue weighted by atomic mass is 10.3. The number of rotatable bonds is 2. The topological polar surface area (TPSA) is 52.6 Å². The van der Waals surface area contributed by atoms with Crippen molar-refractivity contribution in [3.63, 3.8) is 0 Å². The van der Waals surface area contributed by atoms with Crippen LogP contribution >= 0.6 is 0 Å². The van der Waals surface area contributed by atoms with E-state index >= 15 is 0 Å². The van der Waals surface area contributed by atoms with E-state index < -0.39 is 46.7 Å². The average molecular weight is 314 g/mol. The Balaban J connectivity index is 2.07. The Morgan fingerprint density at radius 3 is 1.36 bits per heavy atom. The molecule has 0 aliphatic carbocycles. The van der Waals surface area contributed by atoms with Crippen molar-refractivity contribution in [2.75, 3.05) is 0 Å². The first-order valence-corrected chi connectivity index (χ1v) is 5.71. The smallest absolute Gasteiger partial charge is 0.415 e. The minimum absolute atomic E-state index is 0.438. The molecule has 4 nitrogen and oxygen atoms in total. The number of esters is 2. The maximum absolute atomic E-state index is 13.2. The van der Waals surface area contributed by atoms with Gasteiger partial charge in [-0.2, -0.15) is 0 Å². The molecule has 2 rings (SSSR count). The minimum Gasteiger partial charge on any atom is -0.415 e. The SMILES string of the molecule is O=C(Oc1ccc(F)cc1F)C(=O)Oc1ccc(F)cc1F. The van der Waals surface area contributed by atoms with Crippen LogP contribution < -0.4 is 9.47 Å². The predicted molar refractivity (Wildman–Crippen MR) is 64.0 cm³/mol. The summed E-state index contributed by atoms with van der Waals surface area (Å²) >= 11 is 0. The molecule has 0 aliphatic heterocycles. The van der Waals surface area contributed by atoms with E-state index in [4.69, 9.17) is 0 Å². The molecule has 8 heteroatoms. The second-order valence-electron chi connectivity index (χ2n) is 3.93. The second kappa shape index (κ2) is 6.25. The molecule has 0 radical (unpaired) electrons. The van der Waals surface area contributed by atoms with Gasteiger partial charge in [-0.1, -0.05) is 0 Å². The van der Waals surface area contributed by atoms with Crippen LogP contribution in [0.5, 0.6) is 11.5 Å². The van der Waals surface area contributed by atoms with Crippen molar-refractivity contribution in [2.24, 2.45) is 0 Å². The number of ether oxygens (including phenoxy) is 2. The molecule has 0 unspecified atom stereocenters. The molecule has 0 spiro atoms. The highest BCUT2D eigenvalue weighted by atomic mass is 19.1. The highest BCUT2D eigenvalue weighted by Crippen LogP contribution is 2.20. The molecule has 0 bridgehead atoms. The van der Waals surface area contributed by atoms with Gasteiger partial charge < -0.3 is 9.47 Å². The highest BCUT2D eigenvalue weighted by Gasteiger charge is 2.22. The van der Waals surface area contributed by atoms with Crippen LogP contribution in [0.15, 0.2) is 36.4 Å². The van der Waals surface area contributed by atoms with Crippen molar-refractivity contribution in [2.45, 2.75) is 0 Å². The molecule has 0 saturated heterocycles. The zero-order chi connectivity index (χ0) is 16.3. The van der Waals surface area contributed by atoms with E-state index in [2.05, 4.69) is 9.47 Å². The number of halogens is 4. The summed E-state index contributed by atoms with van der Waals surface area (Å²) in [6, 6.07) is 4.05. The Labute approximate surface area is 120 Å². The Kier molecular flexibility index (Phi) is 4.40. The molecule has 0 N–H and O–H groups in total. The lowest BCUT2D eigenvalue weighted by molar-refractivity contribution is -0.156. The van der Waals surface area contributed by atoms with Gasteiger partial charge in [-0.25, -0.2) is 27.2 Å². The van der Waals surface area contributed by atoms with Gasteiger partial charge in [0.1, 0.15) is 11.6 Å². The van der Waals surface area contributed by atoms with Gasteiger partial charge in [-0.05, 0) is 24.3 Å². The summed E-state index contributed by atoms with van der Waals surface area (Å²) in [6.07, 6.45) is 0. The molecule has 0 fully saturated rings. The lowest BCUT2D eigenvalue weighted by Crippen LogP contribution is -2.26. The van der Waals surface area contributed by atoms with Gasteiger partial charge in [0.2, 0.25) is 0 Å². The third kappa shape index (κ3) is 3.60. The number of hydrogen-bond donors (Lipinski definition) is 0. The fraction of sp³-hybridized carbons (Fsp3) is 0. The quantitative estimate of drug-likeness (QED) is 0.370. The first kappa shape index (κ1) is 15.5. The van der Waals surface area contributed by atoms with Crippen LogP contribution in [-0.4, -0.2) is 11.9 Å². The van der Waals surface area contributed by atoms with Gasteiger partial charge in [0.05, 0.1) is 0 Å². The molecular formula is C14H6F4O4. The van der Waals surface area contributed by atoms with Crippen LogP contribution in [0, 0.1) is 23.3 Å².